The Hall–Kier alpha value is -5.91. The van der Waals surface area contributed by atoms with Crippen LogP contribution in [0.25, 0.3) is 22.0 Å². The van der Waals surface area contributed by atoms with E-state index < -0.39 is 0 Å². The summed E-state index contributed by atoms with van der Waals surface area (Å²) in [6, 6.07) is 17.2. The van der Waals surface area contributed by atoms with Crippen LogP contribution in [0, 0.1) is 18.8 Å². The molecule has 0 spiro atoms. The van der Waals surface area contributed by atoms with E-state index in [-0.39, 0.29) is 23.7 Å². The Bertz CT molecular complexity index is 2030. The minimum Gasteiger partial charge on any atom is -0.497 e. The predicted molar refractivity (Wildman–Crippen MR) is 195 cm³/mol. The third-order valence-corrected chi connectivity index (χ3v) is 9.16. The van der Waals surface area contributed by atoms with Crippen LogP contribution >= 0.6 is 0 Å². The molecule has 264 valence electrons. The van der Waals surface area contributed by atoms with E-state index in [1.54, 1.807) is 61.1 Å². The number of fused-ring (bicyclic) bond motifs is 1. The first-order valence-corrected chi connectivity index (χ1v) is 16.5. The molecule has 3 aromatic heterocycles. The monoisotopic (exact) mass is 690 g/mol. The number of rotatable bonds is 13. The fourth-order valence-electron chi connectivity index (χ4n) is 6.20. The number of ether oxygens (including phenoxy) is 4. The second-order valence-electron chi connectivity index (χ2n) is 12.7. The Morgan fingerprint density at radius 3 is 2.04 bits per heavy atom. The number of carbonyl (C=O) groups excluding carboxylic acids is 2. The number of nitrogens with one attached hydrogen (secondary N) is 1. The maximum Gasteiger partial charge on any atom is 0.229 e. The number of hydrogen-bond acceptors (Lipinski definition) is 10. The number of amides is 2. The van der Waals surface area contributed by atoms with Gasteiger partial charge in [0.15, 0.2) is 0 Å². The van der Waals surface area contributed by atoms with Crippen molar-refractivity contribution < 1.29 is 28.5 Å². The molecule has 0 saturated heterocycles. The molecule has 1 N–H and O–H groups in total. The Balaban J connectivity index is 1.47. The molecule has 6 rings (SSSR count). The van der Waals surface area contributed by atoms with Crippen molar-refractivity contribution in [2.75, 3.05) is 52.8 Å². The van der Waals surface area contributed by atoms with Crippen molar-refractivity contribution in [2.24, 2.45) is 11.8 Å². The first kappa shape index (κ1) is 34.9. The molecular weight excluding hydrogens is 648 g/mol. The summed E-state index contributed by atoms with van der Waals surface area (Å²) in [6.45, 7) is 2.83. The van der Waals surface area contributed by atoms with Gasteiger partial charge in [-0.1, -0.05) is 0 Å². The summed E-state index contributed by atoms with van der Waals surface area (Å²) in [4.78, 5) is 43.6. The first-order chi connectivity index (χ1) is 24.6. The molecule has 12 heteroatoms. The largest absolute Gasteiger partial charge is 0.497 e. The van der Waals surface area contributed by atoms with Crippen LogP contribution < -0.4 is 29.2 Å². The number of aryl methyl sites for hydroxylation is 1. The lowest BCUT2D eigenvalue weighted by atomic mass is 10.0. The van der Waals surface area contributed by atoms with Gasteiger partial charge in [0, 0.05) is 80.0 Å². The van der Waals surface area contributed by atoms with E-state index in [1.807, 2.05) is 61.5 Å². The quantitative estimate of drug-likeness (QED) is 0.159. The fraction of sp³-hybridized carbons (Fsp3) is 0.308. The number of nitrogens with zero attached hydrogens (tertiary/aromatic N) is 5. The smallest absolute Gasteiger partial charge is 0.229 e. The number of benzene rings is 2. The van der Waals surface area contributed by atoms with Crippen LogP contribution in [-0.4, -0.2) is 74.2 Å². The van der Waals surface area contributed by atoms with E-state index >= 15 is 0 Å². The highest BCUT2D eigenvalue weighted by Gasteiger charge is 2.48. The summed E-state index contributed by atoms with van der Waals surface area (Å²) in [5, 5.41) is 4.53. The van der Waals surface area contributed by atoms with E-state index in [1.165, 1.54) is 4.90 Å². The Kier molecular flexibility index (Phi) is 10.2. The van der Waals surface area contributed by atoms with Crippen LogP contribution in [0.5, 0.6) is 23.0 Å². The number of aromatic nitrogens is 3. The molecule has 12 nitrogen and oxygen atoms in total. The second kappa shape index (κ2) is 14.9. The third-order valence-electron chi connectivity index (χ3n) is 9.16. The molecule has 0 radical (unpaired) electrons. The molecule has 2 aromatic carbocycles. The van der Waals surface area contributed by atoms with Gasteiger partial charge in [0.05, 0.1) is 46.0 Å². The van der Waals surface area contributed by atoms with Gasteiger partial charge in [-0.15, -0.1) is 0 Å². The van der Waals surface area contributed by atoms with Crippen LogP contribution in [0.15, 0.2) is 73.2 Å². The molecule has 51 heavy (non-hydrogen) atoms. The minimum atomic E-state index is -0.381. The highest BCUT2D eigenvalue weighted by Crippen LogP contribution is 2.41. The molecule has 2 atom stereocenters. The molecule has 3 heterocycles. The molecule has 2 unspecified atom stereocenters. The Morgan fingerprint density at radius 2 is 1.47 bits per heavy atom. The van der Waals surface area contributed by atoms with Crippen molar-refractivity contribution in [3.63, 3.8) is 0 Å². The number of anilines is 2. The molecule has 0 bridgehead atoms. The average molecular weight is 691 g/mol. The highest BCUT2D eigenvalue weighted by molar-refractivity contribution is 6.01. The maximum absolute atomic E-state index is 13.2. The van der Waals surface area contributed by atoms with Gasteiger partial charge in [-0.05, 0) is 66.8 Å². The SMILES string of the molecule is COc1ccc(CN(Cc2ccc(OC)cc2OC)c2nc(-c3cnccc3C)cc3cc(NC(=O)C4CC4C(=O)N(C)C)ncc23)c(OC)c1. The molecule has 5 aromatic rings. The van der Waals surface area contributed by atoms with Crippen molar-refractivity contribution >= 4 is 34.2 Å². The lowest BCUT2D eigenvalue weighted by Gasteiger charge is -2.28. The zero-order chi connectivity index (χ0) is 36.2. The Labute approximate surface area is 297 Å². The van der Waals surface area contributed by atoms with Gasteiger partial charge < -0.3 is 34.1 Å². The molecule has 1 saturated carbocycles. The maximum atomic E-state index is 13.2. The molecular formula is C39H42N6O6. The van der Waals surface area contributed by atoms with Crippen LogP contribution in [0.2, 0.25) is 0 Å². The zero-order valence-electron chi connectivity index (χ0n) is 29.9. The lowest BCUT2D eigenvalue weighted by molar-refractivity contribution is -0.131. The number of methoxy groups -OCH3 is 4. The van der Waals surface area contributed by atoms with Crippen molar-refractivity contribution in [3.8, 4) is 34.3 Å². The summed E-state index contributed by atoms with van der Waals surface area (Å²) in [5.41, 5.74) is 4.41. The normalized spacial score (nSPS) is 14.8. The number of carbonyl (C=O) groups is 2. The van der Waals surface area contributed by atoms with Gasteiger partial charge in [-0.3, -0.25) is 14.6 Å². The van der Waals surface area contributed by atoms with Crippen molar-refractivity contribution in [2.45, 2.75) is 26.4 Å². The third kappa shape index (κ3) is 7.49. The van der Waals surface area contributed by atoms with E-state index in [4.69, 9.17) is 23.9 Å². The van der Waals surface area contributed by atoms with Gasteiger partial charge in [0.1, 0.15) is 34.6 Å². The molecule has 2 amide bonds. The lowest BCUT2D eigenvalue weighted by Crippen LogP contribution is -2.26. The summed E-state index contributed by atoms with van der Waals surface area (Å²) in [7, 11) is 9.91. The van der Waals surface area contributed by atoms with E-state index in [0.717, 1.165) is 33.0 Å². The van der Waals surface area contributed by atoms with Crippen LogP contribution in [-0.2, 0) is 22.7 Å². The van der Waals surface area contributed by atoms with Crippen LogP contribution in [0.1, 0.15) is 23.1 Å². The van der Waals surface area contributed by atoms with Gasteiger partial charge in [-0.2, -0.15) is 0 Å². The summed E-state index contributed by atoms with van der Waals surface area (Å²) in [5.74, 6) is 2.78. The van der Waals surface area contributed by atoms with Crippen LogP contribution in [0.3, 0.4) is 0 Å². The topological polar surface area (TPSA) is 128 Å². The van der Waals surface area contributed by atoms with Gasteiger partial charge in [0.2, 0.25) is 11.8 Å². The Morgan fingerprint density at radius 1 is 0.824 bits per heavy atom. The van der Waals surface area contributed by atoms with E-state index in [9.17, 15) is 9.59 Å². The summed E-state index contributed by atoms with van der Waals surface area (Å²) >= 11 is 0. The summed E-state index contributed by atoms with van der Waals surface area (Å²) < 4.78 is 22.6. The van der Waals surface area contributed by atoms with Crippen molar-refractivity contribution in [1.82, 2.24) is 19.9 Å². The standard InChI is InChI=1S/C39H42N6O6/c1-23-12-13-40-19-31(23)33-14-26-15-36(43-38(46)29-18-30(29)39(47)44(2)3)41-20-32(26)37(42-33)45(21-24-8-10-27(48-4)16-34(24)50-6)22-25-9-11-28(49-5)17-35(25)51-7/h8-17,19-20,29-30H,18,21-22H2,1-7H3,(H,41,43,46). The predicted octanol–water partition coefficient (Wildman–Crippen LogP) is 5.90. The number of pyridine rings is 3. The fourth-order valence-corrected chi connectivity index (χ4v) is 6.20. The van der Waals surface area contributed by atoms with E-state index in [2.05, 4.69) is 20.2 Å². The molecule has 0 aliphatic heterocycles. The molecule has 1 fully saturated rings. The first-order valence-electron chi connectivity index (χ1n) is 16.5. The highest BCUT2D eigenvalue weighted by atomic mass is 16.5. The minimum absolute atomic E-state index is 0.0455. The van der Waals surface area contributed by atoms with Crippen LogP contribution in [0.4, 0.5) is 11.6 Å². The molecule has 1 aliphatic carbocycles. The van der Waals surface area contributed by atoms with Gasteiger partial charge in [0.25, 0.3) is 0 Å². The second-order valence-corrected chi connectivity index (χ2v) is 12.7. The van der Waals surface area contributed by atoms with Gasteiger partial charge in [-0.25, -0.2) is 9.97 Å². The number of hydrogen-bond donors (Lipinski definition) is 1. The van der Waals surface area contributed by atoms with Crippen molar-refractivity contribution in [1.29, 1.82) is 0 Å². The zero-order valence-corrected chi connectivity index (χ0v) is 29.9. The van der Waals surface area contributed by atoms with E-state index in [0.29, 0.717) is 59.8 Å². The van der Waals surface area contributed by atoms with Crippen molar-refractivity contribution in [3.05, 3.63) is 89.9 Å². The molecule has 1 aliphatic rings. The van der Waals surface area contributed by atoms with Gasteiger partial charge >= 0.3 is 0 Å². The average Bonchev–Trinajstić information content (AvgIpc) is 3.95. The summed E-state index contributed by atoms with van der Waals surface area (Å²) in [6.07, 6.45) is 5.80.